The van der Waals surface area contributed by atoms with E-state index in [0.717, 1.165) is 70.6 Å². The Morgan fingerprint density at radius 1 is 0.290 bits per heavy atom. The third kappa shape index (κ3) is 56.4. The molecular formula is C63H116O6. The third-order valence-corrected chi connectivity index (χ3v) is 13.6. The zero-order chi connectivity index (χ0) is 50.0. The van der Waals surface area contributed by atoms with Gasteiger partial charge in [-0.1, -0.05) is 276 Å². The average molecular weight is 970 g/mol. The highest BCUT2D eigenvalue weighted by Gasteiger charge is 2.19. The van der Waals surface area contributed by atoms with E-state index in [1.54, 1.807) is 0 Å². The van der Waals surface area contributed by atoms with Crippen molar-refractivity contribution in [1.29, 1.82) is 0 Å². The SMILES string of the molecule is CCCC/C=C\CCCCCCCC(=O)OC(COC(=O)CCCCCCCCCCC)COC(=O)CCCCCCCCCCCCCCCCCCCCC/C=C\C/C=C\CCCCCCC. The zero-order valence-electron chi connectivity index (χ0n) is 46.3. The number of unbranched alkanes of at least 4 members (excludes halogenated alkanes) is 39. The number of hydrogen-bond acceptors (Lipinski definition) is 6. The Morgan fingerprint density at radius 3 is 0.855 bits per heavy atom. The Labute approximate surface area is 429 Å². The second-order valence-electron chi connectivity index (χ2n) is 20.6. The molecule has 0 aromatic carbocycles. The number of esters is 3. The molecule has 0 radical (unpaired) electrons. The molecule has 0 spiro atoms. The molecule has 69 heavy (non-hydrogen) atoms. The molecular weight excluding hydrogens is 853 g/mol. The Hall–Kier alpha value is -2.37. The van der Waals surface area contributed by atoms with Crippen molar-refractivity contribution in [1.82, 2.24) is 0 Å². The van der Waals surface area contributed by atoms with Gasteiger partial charge in [0, 0.05) is 19.3 Å². The molecule has 0 fully saturated rings. The molecule has 0 aliphatic rings. The maximum Gasteiger partial charge on any atom is 0.306 e. The summed E-state index contributed by atoms with van der Waals surface area (Å²) in [5.41, 5.74) is 0. The minimum absolute atomic E-state index is 0.0710. The van der Waals surface area contributed by atoms with Crippen LogP contribution in [-0.4, -0.2) is 37.2 Å². The van der Waals surface area contributed by atoms with Gasteiger partial charge in [-0.15, -0.1) is 0 Å². The lowest BCUT2D eigenvalue weighted by Crippen LogP contribution is -2.30. The fourth-order valence-corrected chi connectivity index (χ4v) is 8.99. The van der Waals surface area contributed by atoms with Crippen molar-refractivity contribution in [2.45, 2.75) is 335 Å². The molecule has 6 nitrogen and oxygen atoms in total. The lowest BCUT2D eigenvalue weighted by molar-refractivity contribution is -0.167. The van der Waals surface area contributed by atoms with Crippen molar-refractivity contribution < 1.29 is 28.6 Å². The maximum absolute atomic E-state index is 12.8. The van der Waals surface area contributed by atoms with Gasteiger partial charge < -0.3 is 14.2 Å². The van der Waals surface area contributed by atoms with E-state index in [1.165, 1.54) is 218 Å². The first kappa shape index (κ1) is 66.6. The van der Waals surface area contributed by atoms with Crippen molar-refractivity contribution in [2.24, 2.45) is 0 Å². The Morgan fingerprint density at radius 2 is 0.536 bits per heavy atom. The van der Waals surface area contributed by atoms with Crippen LogP contribution in [0.15, 0.2) is 36.5 Å². The minimum atomic E-state index is -0.770. The molecule has 0 aromatic rings. The summed E-state index contributed by atoms with van der Waals surface area (Å²) in [5.74, 6) is -0.868. The number of allylic oxidation sites excluding steroid dienone is 6. The predicted molar refractivity (Wildman–Crippen MR) is 298 cm³/mol. The summed E-state index contributed by atoms with van der Waals surface area (Å²) in [6.45, 7) is 6.60. The number of ether oxygens (including phenoxy) is 3. The fourth-order valence-electron chi connectivity index (χ4n) is 8.99. The van der Waals surface area contributed by atoms with Crippen LogP contribution in [0.2, 0.25) is 0 Å². The van der Waals surface area contributed by atoms with Crippen LogP contribution in [0.1, 0.15) is 329 Å². The first-order valence-electron chi connectivity index (χ1n) is 30.5. The second kappa shape index (κ2) is 58.2. The van der Waals surface area contributed by atoms with Crippen molar-refractivity contribution in [3.8, 4) is 0 Å². The third-order valence-electron chi connectivity index (χ3n) is 13.6. The number of hydrogen-bond donors (Lipinski definition) is 0. The van der Waals surface area contributed by atoms with Gasteiger partial charge in [-0.25, -0.2) is 0 Å². The fraction of sp³-hybridized carbons (Fsp3) is 0.857. The molecule has 0 aliphatic heterocycles. The van der Waals surface area contributed by atoms with Crippen LogP contribution in [0.4, 0.5) is 0 Å². The normalized spacial score (nSPS) is 12.2. The molecule has 0 saturated heterocycles. The van der Waals surface area contributed by atoms with Gasteiger partial charge in [0.1, 0.15) is 13.2 Å². The van der Waals surface area contributed by atoms with E-state index in [4.69, 9.17) is 14.2 Å². The molecule has 0 heterocycles. The summed E-state index contributed by atoms with van der Waals surface area (Å²) in [6.07, 6.45) is 70.4. The number of carbonyl (C=O) groups is 3. The topological polar surface area (TPSA) is 78.9 Å². The Kier molecular flexibility index (Phi) is 56.2. The highest BCUT2D eigenvalue weighted by atomic mass is 16.6. The van der Waals surface area contributed by atoms with Gasteiger partial charge in [0.2, 0.25) is 0 Å². The lowest BCUT2D eigenvalue weighted by atomic mass is 10.0. The summed E-state index contributed by atoms with van der Waals surface area (Å²) in [7, 11) is 0. The van der Waals surface area contributed by atoms with Crippen LogP contribution in [0.25, 0.3) is 0 Å². The lowest BCUT2D eigenvalue weighted by Gasteiger charge is -2.18. The maximum atomic E-state index is 12.8. The predicted octanol–water partition coefficient (Wildman–Crippen LogP) is 20.4. The largest absolute Gasteiger partial charge is 0.462 e. The Balaban J connectivity index is 3.99. The van der Waals surface area contributed by atoms with Crippen LogP contribution < -0.4 is 0 Å². The summed E-state index contributed by atoms with van der Waals surface area (Å²) >= 11 is 0. The van der Waals surface area contributed by atoms with Crippen LogP contribution in [0.5, 0.6) is 0 Å². The van der Waals surface area contributed by atoms with Crippen molar-refractivity contribution in [3.05, 3.63) is 36.5 Å². The van der Waals surface area contributed by atoms with E-state index in [1.807, 2.05) is 0 Å². The Bertz CT molecular complexity index is 1160. The van der Waals surface area contributed by atoms with Crippen molar-refractivity contribution >= 4 is 17.9 Å². The second-order valence-corrected chi connectivity index (χ2v) is 20.6. The monoisotopic (exact) mass is 969 g/mol. The van der Waals surface area contributed by atoms with E-state index >= 15 is 0 Å². The highest BCUT2D eigenvalue weighted by Crippen LogP contribution is 2.17. The summed E-state index contributed by atoms with van der Waals surface area (Å²) < 4.78 is 16.8. The van der Waals surface area contributed by atoms with Gasteiger partial charge in [0.15, 0.2) is 6.10 Å². The van der Waals surface area contributed by atoms with Gasteiger partial charge in [0.25, 0.3) is 0 Å². The molecule has 1 atom stereocenters. The van der Waals surface area contributed by atoms with Gasteiger partial charge >= 0.3 is 17.9 Å². The molecule has 6 heteroatoms. The van der Waals surface area contributed by atoms with Gasteiger partial charge in [0.05, 0.1) is 0 Å². The summed E-state index contributed by atoms with van der Waals surface area (Å²) in [5, 5.41) is 0. The zero-order valence-corrected chi connectivity index (χ0v) is 46.3. The van der Waals surface area contributed by atoms with E-state index in [-0.39, 0.29) is 31.1 Å². The van der Waals surface area contributed by atoms with E-state index in [0.29, 0.717) is 19.3 Å². The number of carbonyl (C=O) groups excluding carboxylic acids is 3. The molecule has 0 rings (SSSR count). The van der Waals surface area contributed by atoms with Crippen molar-refractivity contribution in [3.63, 3.8) is 0 Å². The van der Waals surface area contributed by atoms with Crippen LogP contribution in [-0.2, 0) is 28.6 Å². The standard InChI is InChI=1S/C63H116O6/c1-4-7-10-13-16-19-21-22-23-24-25-26-27-28-29-30-31-32-33-34-35-36-37-38-39-40-42-44-47-50-53-56-62(65)68-59-60(58-67-61(64)55-52-49-46-43-18-15-12-9-6-3)69-63(66)57-54-51-48-45-41-20-17-14-11-8-5-2/h14,17,21-22,24-25,60H,4-13,15-16,18-20,23,26-59H2,1-3H3/b17-14-,22-21-,25-24-. The van der Waals surface area contributed by atoms with Crippen LogP contribution in [0.3, 0.4) is 0 Å². The first-order chi connectivity index (χ1) is 34.0. The van der Waals surface area contributed by atoms with Gasteiger partial charge in [-0.3, -0.25) is 14.4 Å². The van der Waals surface area contributed by atoms with Crippen LogP contribution in [0, 0.1) is 0 Å². The average Bonchev–Trinajstić information content (AvgIpc) is 3.35. The van der Waals surface area contributed by atoms with E-state index in [2.05, 4.69) is 57.2 Å². The van der Waals surface area contributed by atoms with E-state index in [9.17, 15) is 14.4 Å². The molecule has 0 saturated carbocycles. The van der Waals surface area contributed by atoms with Crippen molar-refractivity contribution in [2.75, 3.05) is 13.2 Å². The summed E-state index contributed by atoms with van der Waals surface area (Å²) in [4.78, 5) is 37.9. The van der Waals surface area contributed by atoms with E-state index < -0.39 is 6.10 Å². The molecule has 0 bridgehead atoms. The molecule has 0 N–H and O–H groups in total. The molecule has 0 aliphatic carbocycles. The van der Waals surface area contributed by atoms with Gasteiger partial charge in [-0.05, 0) is 70.6 Å². The number of rotatable bonds is 56. The summed E-state index contributed by atoms with van der Waals surface area (Å²) in [6, 6.07) is 0. The highest BCUT2D eigenvalue weighted by molar-refractivity contribution is 5.71. The van der Waals surface area contributed by atoms with Crippen LogP contribution >= 0.6 is 0 Å². The molecule has 404 valence electrons. The minimum Gasteiger partial charge on any atom is -0.462 e. The molecule has 0 aromatic heterocycles. The molecule has 0 amide bonds. The smallest absolute Gasteiger partial charge is 0.306 e. The first-order valence-corrected chi connectivity index (χ1v) is 30.5. The quantitative estimate of drug-likeness (QED) is 0.0261. The molecule has 1 unspecified atom stereocenters. The van der Waals surface area contributed by atoms with Gasteiger partial charge in [-0.2, -0.15) is 0 Å².